The van der Waals surface area contributed by atoms with Gasteiger partial charge >= 0.3 is 0 Å². The molecule has 0 N–H and O–H groups in total. The Morgan fingerprint density at radius 1 is 1.24 bits per heavy atom. The van der Waals surface area contributed by atoms with Crippen LogP contribution in [0, 0.1) is 10.1 Å². The smallest absolute Gasteiger partial charge is 0.287 e. The monoisotopic (exact) mass is 282 g/mol. The Morgan fingerprint density at radius 3 is 2.81 bits per heavy atom. The lowest BCUT2D eigenvalue weighted by Crippen LogP contribution is -1.93. The van der Waals surface area contributed by atoms with Crippen molar-refractivity contribution in [1.29, 1.82) is 0 Å². The van der Waals surface area contributed by atoms with Crippen LogP contribution < -0.4 is 4.74 Å². The summed E-state index contributed by atoms with van der Waals surface area (Å²) in [7, 11) is 0. The maximum atomic E-state index is 10.6. The van der Waals surface area contributed by atoms with Crippen molar-refractivity contribution in [2.24, 2.45) is 0 Å². The lowest BCUT2D eigenvalue weighted by molar-refractivity contribution is -0.385. The number of benzene rings is 1. The fourth-order valence-electron chi connectivity index (χ4n) is 1.78. The van der Waals surface area contributed by atoms with Gasteiger partial charge in [-0.05, 0) is 12.1 Å². The minimum atomic E-state index is -0.504. The number of aromatic nitrogens is 3. The first-order valence-corrected chi connectivity index (χ1v) is 6.09. The molecule has 3 rings (SSSR count). The van der Waals surface area contributed by atoms with Crippen LogP contribution >= 0.6 is 0 Å². The number of imidazole rings is 1. The average molecular weight is 282 g/mol. The number of rotatable bonds is 4. The first-order valence-electron chi connectivity index (χ1n) is 6.09. The Balaban J connectivity index is 1.81. The lowest BCUT2D eigenvalue weighted by Gasteiger charge is -2.07. The van der Waals surface area contributed by atoms with Crippen molar-refractivity contribution >= 4 is 5.69 Å². The molecule has 0 spiro atoms. The zero-order valence-electron chi connectivity index (χ0n) is 10.8. The second kappa shape index (κ2) is 5.41. The lowest BCUT2D eigenvalue weighted by atomic mass is 10.3. The van der Waals surface area contributed by atoms with E-state index in [4.69, 9.17) is 4.74 Å². The van der Waals surface area contributed by atoms with Crippen LogP contribution in [0.15, 0.2) is 61.3 Å². The van der Waals surface area contributed by atoms with Gasteiger partial charge in [0, 0.05) is 30.6 Å². The summed E-state index contributed by atoms with van der Waals surface area (Å²) in [5.74, 6) is 0.880. The number of nitrogens with zero attached hydrogens (tertiary/aromatic N) is 4. The zero-order valence-corrected chi connectivity index (χ0v) is 10.8. The van der Waals surface area contributed by atoms with Crippen LogP contribution in [-0.4, -0.2) is 19.5 Å². The fraction of sp³-hybridized carbons (Fsp3) is 0. The van der Waals surface area contributed by atoms with Crippen molar-refractivity contribution in [2.75, 3.05) is 0 Å². The van der Waals surface area contributed by atoms with E-state index in [9.17, 15) is 10.1 Å². The van der Waals surface area contributed by atoms with Crippen molar-refractivity contribution in [2.45, 2.75) is 0 Å². The summed E-state index contributed by atoms with van der Waals surface area (Å²) >= 11 is 0. The molecule has 3 aromatic rings. The molecule has 0 unspecified atom stereocenters. The van der Waals surface area contributed by atoms with Gasteiger partial charge in [-0.15, -0.1) is 0 Å². The van der Waals surface area contributed by atoms with Crippen LogP contribution in [0.2, 0.25) is 0 Å². The number of hydrogen-bond donors (Lipinski definition) is 0. The maximum Gasteiger partial charge on any atom is 0.287 e. The minimum Gasteiger partial charge on any atom is -0.439 e. The van der Waals surface area contributed by atoms with Gasteiger partial charge in [-0.25, -0.2) is 9.97 Å². The third-order valence-corrected chi connectivity index (χ3v) is 2.77. The van der Waals surface area contributed by atoms with Crippen LogP contribution in [0.3, 0.4) is 0 Å². The van der Waals surface area contributed by atoms with Crippen molar-refractivity contribution in [3.63, 3.8) is 0 Å². The summed E-state index contributed by atoms with van der Waals surface area (Å²) in [6.45, 7) is 0. The molecule has 0 aliphatic heterocycles. The molecule has 0 atom stereocenters. The summed E-state index contributed by atoms with van der Waals surface area (Å²) < 4.78 is 7.43. The molecule has 1 aromatic carbocycles. The summed E-state index contributed by atoms with van der Waals surface area (Å²) in [6.07, 6.45) is 6.35. The number of hydrogen-bond acceptors (Lipinski definition) is 5. The molecule has 0 radical (unpaired) electrons. The van der Waals surface area contributed by atoms with E-state index < -0.39 is 4.92 Å². The highest BCUT2D eigenvalue weighted by molar-refractivity contribution is 5.41. The van der Waals surface area contributed by atoms with E-state index in [-0.39, 0.29) is 5.69 Å². The number of ether oxygens (including phenoxy) is 1. The van der Waals surface area contributed by atoms with E-state index in [1.807, 2.05) is 29.0 Å². The quantitative estimate of drug-likeness (QED) is 0.542. The number of nitro groups is 1. The third kappa shape index (κ3) is 2.86. The standard InChI is InChI=1S/C14H10N4O3/c19-18(20)12-4-5-14(16-9-12)21-13-3-1-2-11(8-13)17-7-6-15-10-17/h1-10H. The van der Waals surface area contributed by atoms with Gasteiger partial charge in [-0.3, -0.25) is 10.1 Å². The van der Waals surface area contributed by atoms with E-state index in [0.717, 1.165) is 11.9 Å². The molecule has 2 aromatic heterocycles. The highest BCUT2D eigenvalue weighted by Crippen LogP contribution is 2.23. The molecule has 21 heavy (non-hydrogen) atoms. The molecule has 0 saturated heterocycles. The van der Waals surface area contributed by atoms with E-state index in [2.05, 4.69) is 9.97 Å². The van der Waals surface area contributed by atoms with E-state index in [1.165, 1.54) is 12.1 Å². The van der Waals surface area contributed by atoms with Gasteiger partial charge < -0.3 is 9.30 Å². The fourth-order valence-corrected chi connectivity index (χ4v) is 1.78. The number of pyridine rings is 1. The summed E-state index contributed by atoms with van der Waals surface area (Å²) in [4.78, 5) is 17.9. The SMILES string of the molecule is O=[N+]([O-])c1ccc(Oc2cccc(-n3ccnc3)c2)nc1. The van der Waals surface area contributed by atoms with Gasteiger partial charge in [0.15, 0.2) is 0 Å². The van der Waals surface area contributed by atoms with Gasteiger partial charge in [0.05, 0.1) is 16.9 Å². The largest absolute Gasteiger partial charge is 0.439 e. The Bertz CT molecular complexity index is 754. The predicted octanol–water partition coefficient (Wildman–Crippen LogP) is 2.97. The molecule has 0 aliphatic carbocycles. The zero-order chi connectivity index (χ0) is 14.7. The highest BCUT2D eigenvalue weighted by Gasteiger charge is 2.07. The summed E-state index contributed by atoms with van der Waals surface area (Å²) in [5.41, 5.74) is 0.821. The van der Waals surface area contributed by atoms with Crippen molar-refractivity contribution < 1.29 is 9.66 Å². The molecule has 104 valence electrons. The Kier molecular flexibility index (Phi) is 3.30. The Labute approximate surface area is 119 Å². The topological polar surface area (TPSA) is 83.1 Å². The van der Waals surface area contributed by atoms with Crippen LogP contribution in [0.5, 0.6) is 11.6 Å². The van der Waals surface area contributed by atoms with Crippen molar-refractivity contribution in [3.8, 4) is 17.3 Å². The molecule has 7 heteroatoms. The predicted molar refractivity (Wildman–Crippen MR) is 74.5 cm³/mol. The molecule has 0 amide bonds. The molecular weight excluding hydrogens is 272 g/mol. The van der Waals surface area contributed by atoms with Gasteiger partial charge in [0.2, 0.25) is 5.88 Å². The highest BCUT2D eigenvalue weighted by atomic mass is 16.6. The molecular formula is C14H10N4O3. The van der Waals surface area contributed by atoms with Gasteiger partial charge in [0.25, 0.3) is 5.69 Å². The van der Waals surface area contributed by atoms with Crippen molar-refractivity contribution in [1.82, 2.24) is 14.5 Å². The Morgan fingerprint density at radius 2 is 2.14 bits per heavy atom. The molecule has 7 nitrogen and oxygen atoms in total. The van der Waals surface area contributed by atoms with E-state index in [1.54, 1.807) is 18.6 Å². The second-order valence-corrected chi connectivity index (χ2v) is 4.18. The molecule has 0 saturated carbocycles. The summed E-state index contributed by atoms with van der Waals surface area (Å²) in [5, 5.41) is 10.6. The summed E-state index contributed by atoms with van der Waals surface area (Å²) in [6, 6.07) is 10.2. The molecule has 0 bridgehead atoms. The van der Waals surface area contributed by atoms with Crippen LogP contribution in [0.4, 0.5) is 5.69 Å². The average Bonchev–Trinajstić information content (AvgIpc) is 3.02. The van der Waals surface area contributed by atoms with Gasteiger partial charge in [0.1, 0.15) is 11.9 Å². The van der Waals surface area contributed by atoms with Crippen LogP contribution in [-0.2, 0) is 0 Å². The first kappa shape index (κ1) is 12.8. The third-order valence-electron chi connectivity index (χ3n) is 2.77. The minimum absolute atomic E-state index is 0.0745. The van der Waals surface area contributed by atoms with Crippen molar-refractivity contribution in [3.05, 3.63) is 71.4 Å². The van der Waals surface area contributed by atoms with Gasteiger partial charge in [-0.1, -0.05) is 6.07 Å². The normalized spacial score (nSPS) is 10.3. The molecule has 0 aliphatic rings. The second-order valence-electron chi connectivity index (χ2n) is 4.18. The van der Waals surface area contributed by atoms with E-state index in [0.29, 0.717) is 11.6 Å². The van der Waals surface area contributed by atoms with Gasteiger partial charge in [-0.2, -0.15) is 0 Å². The maximum absolute atomic E-state index is 10.6. The molecule has 2 heterocycles. The van der Waals surface area contributed by atoms with Crippen LogP contribution in [0.25, 0.3) is 5.69 Å². The van der Waals surface area contributed by atoms with Crippen LogP contribution in [0.1, 0.15) is 0 Å². The Hall–Kier alpha value is -3.22. The molecule has 0 fully saturated rings. The van der Waals surface area contributed by atoms with E-state index >= 15 is 0 Å². The first-order chi connectivity index (χ1) is 10.2.